The lowest BCUT2D eigenvalue weighted by Crippen LogP contribution is -2.14. The van der Waals surface area contributed by atoms with Crippen molar-refractivity contribution in [3.05, 3.63) is 45.9 Å². The summed E-state index contributed by atoms with van der Waals surface area (Å²) in [6.45, 7) is 17.9. The Morgan fingerprint density at radius 1 is 0.523 bits per heavy atom. The Labute approximate surface area is 655 Å². The van der Waals surface area contributed by atoms with Crippen LogP contribution in [-0.2, 0) is 93.9 Å². The van der Waals surface area contributed by atoms with Crippen LogP contribution in [-0.4, -0.2) is 239 Å². The Balaban J connectivity index is 0.000000644. The number of nitrogens with one attached hydrogen (secondary N) is 1. The van der Waals surface area contributed by atoms with Gasteiger partial charge < -0.3 is 127 Å². The highest BCUT2D eigenvalue weighted by molar-refractivity contribution is 7.54. The Hall–Kier alpha value is -4.11. The number of alkyl halides is 5. The molecule has 9 heterocycles. The predicted octanol–water partition coefficient (Wildman–Crippen LogP) is 8.87. The number of nitrogen functional groups attached to an aromatic ring is 4. The first-order valence-corrected chi connectivity index (χ1v) is 41.4. The first-order valence-electron chi connectivity index (χ1n) is 31.4. The number of halogens is 9. The Bertz CT molecular complexity index is 3860. The minimum absolute atomic E-state index is 0.0135. The largest absolute Gasteiger partial charge is 0.777 e. The monoisotopic (exact) mass is 1760 g/mol. The van der Waals surface area contributed by atoms with Gasteiger partial charge in [0.1, 0.15) is 53.5 Å². The number of nitrogens with two attached hydrogens (primary N) is 4. The topological polar surface area (TPSA) is 572 Å². The number of hydrogen-bond donors (Lipinski definition) is 9. The van der Waals surface area contributed by atoms with Gasteiger partial charge in [-0.3, -0.25) is 18.1 Å². The number of hydrogen-bond acceptors (Lipinski definition) is 34. The Morgan fingerprint density at radius 2 is 0.841 bits per heavy atom. The van der Waals surface area contributed by atoms with Gasteiger partial charge in [0.2, 0.25) is 23.8 Å². The molecule has 8 aromatic heterocycles. The molecule has 9 rings (SSSR count). The first-order chi connectivity index (χ1) is 50.8. The van der Waals surface area contributed by atoms with E-state index >= 15 is 0 Å². The van der Waals surface area contributed by atoms with E-state index in [0.717, 1.165) is 0 Å². The summed E-state index contributed by atoms with van der Waals surface area (Å²) in [5, 5.41) is 8.53. The number of fused-ring (bicyclic) bond motifs is 4. The van der Waals surface area contributed by atoms with E-state index in [1.807, 2.05) is 0 Å². The number of nitrogens with zero attached hydrogens (tertiary/aromatic N) is 15. The summed E-state index contributed by atoms with van der Waals surface area (Å²) in [6.07, 6.45) is 3.69. The van der Waals surface area contributed by atoms with Gasteiger partial charge in [0.25, 0.3) is 0 Å². The van der Waals surface area contributed by atoms with Gasteiger partial charge in [-0.25, -0.2) is 19.9 Å². The minimum Gasteiger partial charge on any atom is -0.777 e. The van der Waals surface area contributed by atoms with Crippen molar-refractivity contribution in [3.63, 3.8) is 0 Å². The SMILES string of the molecule is C1OCOCO1.CC(C)OP(=O)(COCCCl)OC(C)C.CC(C)OP(=O)(COCCn1cnc2c(Cl)nc(N)nc21)OC(C)C.ClCCOCCl.Nc1nc(Cl)c2[nH]cnc2n1.Nc1nc(Cl)c2ncn(CCOCP(=O)(O)O)c2n1.Nc1nc(Cl)c2ncn(CCOCP(=O)([O-])O)c2n1.OCCCl.[2H]CF. The Kier molecular flexibility index (Phi) is 50.5. The molecule has 13 N–H and O–H groups in total. The molecule has 1 saturated heterocycles. The highest BCUT2D eigenvalue weighted by Crippen LogP contribution is 2.51. The number of aromatic nitrogens is 16. The number of aliphatic hydroxyl groups is 1. The third-order valence-corrected chi connectivity index (χ3v) is 17.3. The smallest absolute Gasteiger partial charge is 0.356 e. The minimum atomic E-state index is -4.40. The number of ether oxygens (including phenoxy) is 8. The van der Waals surface area contributed by atoms with Crippen LogP contribution in [0.3, 0.4) is 0 Å². The second kappa shape index (κ2) is 54.5. The van der Waals surface area contributed by atoms with E-state index in [-0.39, 0.29) is 115 Å². The maximum atomic E-state index is 12.7. The molecule has 0 saturated carbocycles. The summed E-state index contributed by atoms with van der Waals surface area (Å²) in [5.74, 6) is 1.47. The third-order valence-electron chi connectivity index (χ3n) is 10.6. The van der Waals surface area contributed by atoms with E-state index < -0.39 is 50.2 Å². The van der Waals surface area contributed by atoms with Gasteiger partial charge in [0.15, 0.2) is 71.2 Å². The number of aliphatic hydroxyl groups excluding tert-OH is 1. The van der Waals surface area contributed by atoms with Crippen LogP contribution in [0.15, 0.2) is 25.3 Å². The van der Waals surface area contributed by atoms with Crippen LogP contribution in [0.2, 0.25) is 20.6 Å². The fourth-order valence-corrected chi connectivity index (χ4v) is 12.7. The summed E-state index contributed by atoms with van der Waals surface area (Å²) < 4.78 is 126. The maximum absolute atomic E-state index is 12.7. The molecule has 54 heteroatoms. The second-order valence-corrected chi connectivity index (χ2v) is 30.7. The van der Waals surface area contributed by atoms with Crippen LogP contribution in [0.5, 0.6) is 0 Å². The molecule has 1 aliphatic rings. The van der Waals surface area contributed by atoms with Crippen LogP contribution in [0.4, 0.5) is 28.2 Å². The molecule has 0 aliphatic carbocycles. The average molecular weight is 1770 g/mol. The average Bonchev–Trinajstić information content (AvgIpc) is 1.67. The van der Waals surface area contributed by atoms with Gasteiger partial charge in [-0.05, 0) is 55.4 Å². The second-order valence-electron chi connectivity index (χ2n) is 21.0. The molecule has 0 aromatic carbocycles. The number of anilines is 4. The van der Waals surface area contributed by atoms with E-state index in [4.69, 9.17) is 174 Å². The summed E-state index contributed by atoms with van der Waals surface area (Å²) >= 11 is 44.1. The fourth-order valence-electron chi connectivity index (χ4n) is 7.18. The van der Waals surface area contributed by atoms with Gasteiger partial charge in [-0.2, -0.15) is 39.9 Å². The molecule has 1 atom stereocenters. The van der Waals surface area contributed by atoms with Crippen LogP contribution < -0.4 is 27.8 Å². The lowest BCUT2D eigenvalue weighted by molar-refractivity contribution is -0.247. The zero-order valence-corrected chi connectivity index (χ0v) is 68.5. The molecule has 1 fully saturated rings. The van der Waals surface area contributed by atoms with E-state index in [1.54, 1.807) is 75.4 Å². The number of imidazole rings is 4. The van der Waals surface area contributed by atoms with Crippen molar-refractivity contribution in [2.24, 2.45) is 0 Å². The van der Waals surface area contributed by atoms with Crippen LogP contribution in [0.25, 0.3) is 44.7 Å². The fraction of sp³-hybridized carbons (Fsp3) is 0.623. The van der Waals surface area contributed by atoms with Crippen molar-refractivity contribution in [1.29, 1.82) is 0 Å². The summed E-state index contributed by atoms with van der Waals surface area (Å²) in [5.41, 5.74) is 25.6. The lowest BCUT2D eigenvalue weighted by atomic mass is 10.5. The van der Waals surface area contributed by atoms with Gasteiger partial charge in [0, 0.05) is 37.3 Å². The molecule has 41 nitrogen and oxygen atoms in total. The highest BCUT2D eigenvalue weighted by Gasteiger charge is 2.29. The molecule has 610 valence electrons. The number of aromatic amines is 1. The Morgan fingerprint density at radius 3 is 1.14 bits per heavy atom. The molecular weight excluding hydrogens is 1680 g/mol. The van der Waals surface area contributed by atoms with Crippen LogP contribution >= 0.6 is 123 Å². The molecular formula is C53H88Cl8FN20O21P4-. The molecule has 1 unspecified atom stereocenters. The summed E-state index contributed by atoms with van der Waals surface area (Å²) in [6, 6.07) is 0.243. The third kappa shape index (κ3) is 43.5. The van der Waals surface area contributed by atoms with Crippen LogP contribution in [0, 0.1) is 0 Å². The summed E-state index contributed by atoms with van der Waals surface area (Å²) in [4.78, 5) is 86.2. The molecule has 107 heavy (non-hydrogen) atoms. The first kappa shape index (κ1) is 99.0. The zero-order valence-electron chi connectivity index (χ0n) is 59.9. The van der Waals surface area contributed by atoms with Crippen molar-refractivity contribution >= 4 is 192 Å². The zero-order chi connectivity index (χ0) is 81.6. The molecule has 1 aliphatic heterocycles. The van der Waals surface area contributed by atoms with E-state index in [2.05, 4.69) is 83.7 Å². The van der Waals surface area contributed by atoms with Gasteiger partial charge in [-0.15, -0.1) is 34.8 Å². The predicted molar refractivity (Wildman–Crippen MR) is 401 cm³/mol. The lowest BCUT2D eigenvalue weighted by Gasteiger charge is -2.22. The standard InChI is InChI=1S/C14H23ClN5O4P.C9H20ClO4P.2C8H11ClN5O4P.C5H4ClN5.C3H6Cl2O.C3H6O3.C2H5ClO.CH3F/c1-9(2)23-25(21,24-10(3)4)8-22-6-5-20-7-17-11-12(15)18-14(16)19-13(11)20;1-8(2)13-15(11,14-9(3)4)7-12-6-5-10;2*9-6-5-7(13-8(10)12-6)14(3-11-5)1-2-18-4-19(15,16)17;6-3-2-4(9-1-8-2)11-5(7)10-3;4-1-2-6-3-5;1-4-2-6-3-5-1;3-1-2-4;1-2/h7,9-10H,5-6,8H2,1-4H3,(H2,16,18,19);8-9H,5-7H2,1-4H3;2*3H,1-2,4H2,(H2,10,12,13)(H2,15,16,17);1H,(H3,7,8,9,10,11);2*1-3H2;4H,1-2H2;1H3/p-1/i;;;;;;;;1D. The molecule has 8 aromatic rings. The molecule has 0 bridgehead atoms. The summed E-state index contributed by atoms with van der Waals surface area (Å²) in [7, 11) is -16.0. The normalized spacial score (nSPS) is 12.9. The van der Waals surface area contributed by atoms with Crippen molar-refractivity contribution in [1.82, 2.24) is 78.5 Å². The van der Waals surface area contributed by atoms with Gasteiger partial charge in [-0.1, -0.05) is 58.0 Å². The van der Waals surface area contributed by atoms with E-state index in [1.165, 1.54) is 19.0 Å². The van der Waals surface area contributed by atoms with Crippen molar-refractivity contribution in [2.75, 3.05) is 139 Å². The number of rotatable bonds is 31. The molecule has 0 radical (unpaired) electrons. The maximum Gasteiger partial charge on any atom is 0.356 e. The molecule has 0 spiro atoms. The van der Waals surface area contributed by atoms with Gasteiger partial charge >= 0.3 is 22.8 Å². The van der Waals surface area contributed by atoms with Crippen molar-refractivity contribution < 1.29 is 105 Å². The quantitative estimate of drug-likeness (QED) is 0.00847. The van der Waals surface area contributed by atoms with Gasteiger partial charge in [0.05, 0.1) is 97.9 Å². The molecule has 0 amide bonds. The van der Waals surface area contributed by atoms with Crippen molar-refractivity contribution in [3.8, 4) is 0 Å². The highest BCUT2D eigenvalue weighted by atomic mass is 35.5. The van der Waals surface area contributed by atoms with Crippen molar-refractivity contribution in [2.45, 2.75) is 99.4 Å². The van der Waals surface area contributed by atoms with E-state index in [9.17, 15) is 27.5 Å². The van der Waals surface area contributed by atoms with E-state index in [0.29, 0.717) is 114 Å². The van der Waals surface area contributed by atoms with Crippen LogP contribution in [0.1, 0.15) is 56.8 Å². The number of H-pyrrole nitrogens is 1.